The average Bonchev–Trinajstić information content (AvgIpc) is 2.15. The standard InChI is InChI=1S/C9H19NO2/c1-11-9-5-3-4-8(6-9)7-10-12-2/h8-10H,3-7H2,1-2H3. The van der Waals surface area contributed by atoms with Gasteiger partial charge < -0.3 is 9.57 Å². The van der Waals surface area contributed by atoms with Crippen molar-refractivity contribution in [2.24, 2.45) is 5.92 Å². The highest BCUT2D eigenvalue weighted by atomic mass is 16.6. The van der Waals surface area contributed by atoms with Gasteiger partial charge in [-0.05, 0) is 25.2 Å². The van der Waals surface area contributed by atoms with Gasteiger partial charge in [0.1, 0.15) is 0 Å². The Morgan fingerprint density at radius 3 is 2.83 bits per heavy atom. The summed E-state index contributed by atoms with van der Waals surface area (Å²) in [5, 5.41) is 0. The number of hydrogen-bond acceptors (Lipinski definition) is 3. The lowest BCUT2D eigenvalue weighted by Gasteiger charge is -2.27. The Bertz CT molecular complexity index is 119. The topological polar surface area (TPSA) is 30.5 Å². The second-order valence-electron chi connectivity index (χ2n) is 3.44. The Balaban J connectivity index is 2.16. The van der Waals surface area contributed by atoms with Gasteiger partial charge in [0.15, 0.2) is 0 Å². The van der Waals surface area contributed by atoms with Crippen LogP contribution in [0.5, 0.6) is 0 Å². The number of hydroxylamine groups is 1. The molecule has 0 aromatic rings. The number of rotatable bonds is 4. The van der Waals surface area contributed by atoms with Gasteiger partial charge in [0.05, 0.1) is 13.2 Å². The second kappa shape index (κ2) is 5.51. The molecular formula is C9H19NO2. The minimum absolute atomic E-state index is 0.474. The maximum Gasteiger partial charge on any atom is 0.0574 e. The second-order valence-corrected chi connectivity index (χ2v) is 3.44. The normalized spacial score (nSPS) is 30.5. The van der Waals surface area contributed by atoms with Crippen LogP contribution >= 0.6 is 0 Å². The maximum absolute atomic E-state index is 5.33. The molecule has 0 amide bonds. The van der Waals surface area contributed by atoms with Crippen LogP contribution in [0.25, 0.3) is 0 Å². The van der Waals surface area contributed by atoms with Gasteiger partial charge in [0.25, 0.3) is 0 Å². The summed E-state index contributed by atoms with van der Waals surface area (Å²) in [6.07, 6.45) is 5.46. The molecule has 2 atom stereocenters. The third kappa shape index (κ3) is 3.09. The van der Waals surface area contributed by atoms with Crippen LogP contribution in [0.3, 0.4) is 0 Å². The van der Waals surface area contributed by atoms with Crippen LogP contribution in [0.4, 0.5) is 0 Å². The van der Waals surface area contributed by atoms with Gasteiger partial charge in [-0.25, -0.2) is 5.48 Å². The largest absolute Gasteiger partial charge is 0.381 e. The van der Waals surface area contributed by atoms with Crippen LogP contribution in [0.1, 0.15) is 25.7 Å². The molecule has 72 valence electrons. The molecule has 0 aliphatic heterocycles. The van der Waals surface area contributed by atoms with Crippen molar-refractivity contribution in [1.29, 1.82) is 0 Å². The fraction of sp³-hybridized carbons (Fsp3) is 1.00. The van der Waals surface area contributed by atoms with Crippen molar-refractivity contribution in [2.45, 2.75) is 31.8 Å². The molecule has 0 heterocycles. The van der Waals surface area contributed by atoms with Crippen molar-refractivity contribution in [1.82, 2.24) is 5.48 Å². The summed E-state index contributed by atoms with van der Waals surface area (Å²) >= 11 is 0. The van der Waals surface area contributed by atoms with E-state index in [1.807, 2.05) is 0 Å². The van der Waals surface area contributed by atoms with Crippen molar-refractivity contribution in [3.05, 3.63) is 0 Å². The molecule has 0 spiro atoms. The summed E-state index contributed by atoms with van der Waals surface area (Å²) in [5.74, 6) is 0.726. The van der Waals surface area contributed by atoms with Crippen molar-refractivity contribution in [3.8, 4) is 0 Å². The fourth-order valence-electron chi connectivity index (χ4n) is 1.84. The van der Waals surface area contributed by atoms with E-state index in [1.165, 1.54) is 25.7 Å². The Morgan fingerprint density at radius 1 is 1.33 bits per heavy atom. The molecule has 1 saturated carbocycles. The van der Waals surface area contributed by atoms with Gasteiger partial charge in [-0.15, -0.1) is 0 Å². The summed E-state index contributed by atoms with van der Waals surface area (Å²) in [7, 11) is 3.47. The zero-order valence-corrected chi connectivity index (χ0v) is 8.01. The lowest BCUT2D eigenvalue weighted by atomic mass is 9.87. The molecule has 1 rings (SSSR count). The Hall–Kier alpha value is -0.120. The zero-order valence-electron chi connectivity index (χ0n) is 8.01. The first kappa shape index (κ1) is 9.96. The van der Waals surface area contributed by atoms with Gasteiger partial charge in [0.2, 0.25) is 0 Å². The van der Waals surface area contributed by atoms with Crippen molar-refractivity contribution in [3.63, 3.8) is 0 Å². The SMILES string of the molecule is CONCC1CCCC(OC)C1. The summed E-state index contributed by atoms with van der Waals surface area (Å²) in [6.45, 7) is 0.955. The molecule has 1 fully saturated rings. The predicted molar refractivity (Wildman–Crippen MR) is 47.8 cm³/mol. The average molecular weight is 173 g/mol. The molecule has 12 heavy (non-hydrogen) atoms. The Kier molecular flexibility index (Phi) is 4.58. The Morgan fingerprint density at radius 2 is 2.17 bits per heavy atom. The minimum Gasteiger partial charge on any atom is -0.381 e. The van der Waals surface area contributed by atoms with Crippen molar-refractivity contribution in [2.75, 3.05) is 20.8 Å². The van der Waals surface area contributed by atoms with Crippen molar-refractivity contribution >= 4 is 0 Å². The predicted octanol–water partition coefficient (Wildman–Crippen LogP) is 1.34. The molecule has 3 nitrogen and oxygen atoms in total. The first-order valence-electron chi connectivity index (χ1n) is 4.65. The van der Waals surface area contributed by atoms with Gasteiger partial charge in [-0.3, -0.25) is 0 Å². The van der Waals surface area contributed by atoms with E-state index in [4.69, 9.17) is 9.57 Å². The third-order valence-corrected chi connectivity index (χ3v) is 2.58. The molecule has 0 bridgehead atoms. The van der Waals surface area contributed by atoms with Crippen LogP contribution < -0.4 is 5.48 Å². The van der Waals surface area contributed by atoms with E-state index in [2.05, 4.69) is 5.48 Å². The summed E-state index contributed by atoms with van der Waals surface area (Å²) in [4.78, 5) is 4.82. The molecule has 0 saturated heterocycles. The molecule has 1 aliphatic carbocycles. The third-order valence-electron chi connectivity index (χ3n) is 2.58. The van der Waals surface area contributed by atoms with E-state index in [9.17, 15) is 0 Å². The van der Waals surface area contributed by atoms with E-state index in [-0.39, 0.29) is 0 Å². The molecule has 3 heteroatoms. The number of ether oxygens (including phenoxy) is 1. The minimum atomic E-state index is 0.474. The van der Waals surface area contributed by atoms with Gasteiger partial charge in [0, 0.05) is 13.7 Å². The van der Waals surface area contributed by atoms with E-state index in [1.54, 1.807) is 14.2 Å². The first-order valence-corrected chi connectivity index (χ1v) is 4.65. The monoisotopic (exact) mass is 173 g/mol. The maximum atomic E-state index is 5.33. The fourth-order valence-corrected chi connectivity index (χ4v) is 1.84. The highest BCUT2D eigenvalue weighted by Gasteiger charge is 2.20. The summed E-state index contributed by atoms with van der Waals surface area (Å²) in [6, 6.07) is 0. The van der Waals surface area contributed by atoms with Crippen LogP contribution in [-0.2, 0) is 9.57 Å². The molecule has 0 radical (unpaired) electrons. The number of nitrogens with one attached hydrogen (secondary N) is 1. The molecule has 1 N–H and O–H groups in total. The highest BCUT2D eigenvalue weighted by molar-refractivity contribution is 4.73. The van der Waals surface area contributed by atoms with Crippen LogP contribution in [0.2, 0.25) is 0 Å². The van der Waals surface area contributed by atoms with E-state index < -0.39 is 0 Å². The van der Waals surface area contributed by atoms with E-state index >= 15 is 0 Å². The first-order chi connectivity index (χ1) is 5.86. The van der Waals surface area contributed by atoms with Gasteiger partial charge in [-0.2, -0.15) is 0 Å². The zero-order chi connectivity index (χ0) is 8.81. The molecule has 0 aromatic carbocycles. The quantitative estimate of drug-likeness (QED) is 0.651. The molecule has 1 aliphatic rings. The summed E-state index contributed by atoms with van der Waals surface area (Å²) < 4.78 is 5.33. The van der Waals surface area contributed by atoms with Crippen LogP contribution in [-0.4, -0.2) is 26.9 Å². The molecule has 2 unspecified atom stereocenters. The lowest BCUT2D eigenvalue weighted by Crippen LogP contribution is -2.29. The smallest absolute Gasteiger partial charge is 0.0574 e. The van der Waals surface area contributed by atoms with Crippen LogP contribution in [0, 0.1) is 5.92 Å². The molecular weight excluding hydrogens is 154 g/mol. The Labute approximate surface area is 74.4 Å². The number of methoxy groups -OCH3 is 1. The molecule has 0 aromatic heterocycles. The summed E-state index contributed by atoms with van der Waals surface area (Å²) in [5.41, 5.74) is 2.91. The van der Waals surface area contributed by atoms with Crippen molar-refractivity contribution < 1.29 is 9.57 Å². The van der Waals surface area contributed by atoms with Crippen LogP contribution in [0.15, 0.2) is 0 Å². The number of hydrogen-bond donors (Lipinski definition) is 1. The van der Waals surface area contributed by atoms with E-state index in [0.29, 0.717) is 6.10 Å². The van der Waals surface area contributed by atoms with Gasteiger partial charge in [-0.1, -0.05) is 6.42 Å². The lowest BCUT2D eigenvalue weighted by molar-refractivity contribution is 0.0288. The van der Waals surface area contributed by atoms with Gasteiger partial charge >= 0.3 is 0 Å². The highest BCUT2D eigenvalue weighted by Crippen LogP contribution is 2.25. The van der Waals surface area contributed by atoms with E-state index in [0.717, 1.165) is 12.5 Å².